The van der Waals surface area contributed by atoms with Crippen LogP contribution in [0.25, 0.3) is 0 Å². The van der Waals surface area contributed by atoms with Gasteiger partial charge in [-0.3, -0.25) is 4.79 Å². The minimum absolute atomic E-state index is 0.0554. The number of amides is 1. The Kier molecular flexibility index (Phi) is 2.93. The van der Waals surface area contributed by atoms with Crippen molar-refractivity contribution in [1.29, 1.82) is 0 Å². The monoisotopic (exact) mass is 267 g/mol. The number of nitrogens with one attached hydrogen (secondary N) is 1. The molecule has 0 unspecified atom stereocenters. The molecule has 0 radical (unpaired) electrons. The third-order valence-corrected chi connectivity index (χ3v) is 5.79. The molecule has 1 aromatic rings. The lowest BCUT2D eigenvalue weighted by molar-refractivity contribution is 0.0953. The van der Waals surface area contributed by atoms with Crippen LogP contribution in [0.3, 0.4) is 0 Å². The summed E-state index contributed by atoms with van der Waals surface area (Å²) in [5.74, 6) is 0.472. The summed E-state index contributed by atoms with van der Waals surface area (Å²) in [6.07, 6.45) is 0. The van der Waals surface area contributed by atoms with E-state index in [4.69, 9.17) is 5.73 Å². The molecule has 18 heavy (non-hydrogen) atoms. The van der Waals surface area contributed by atoms with Crippen LogP contribution in [-0.2, 0) is 0 Å². The molecule has 0 atom stereocenters. The Balaban J connectivity index is 1.97. The predicted molar refractivity (Wildman–Crippen MR) is 74.6 cm³/mol. The van der Waals surface area contributed by atoms with Crippen molar-refractivity contribution in [3.05, 3.63) is 10.6 Å². The lowest BCUT2D eigenvalue weighted by Gasteiger charge is -2.05. The summed E-state index contributed by atoms with van der Waals surface area (Å²) in [4.78, 5) is 16.7. The highest BCUT2D eigenvalue weighted by molar-refractivity contribution is 7.17. The Morgan fingerprint density at radius 3 is 2.33 bits per heavy atom. The van der Waals surface area contributed by atoms with E-state index in [1.54, 1.807) is 0 Å². The molecular weight excluding hydrogens is 246 g/mol. The summed E-state index contributed by atoms with van der Waals surface area (Å²) >= 11 is 1.25. The fourth-order valence-corrected chi connectivity index (χ4v) is 3.50. The molecule has 3 N–H and O–H groups in total. The summed E-state index contributed by atoms with van der Waals surface area (Å²) in [7, 11) is 0. The molecule has 1 heterocycles. The quantitative estimate of drug-likeness (QED) is 0.884. The number of hydrogen-bond donors (Lipinski definition) is 2. The first kappa shape index (κ1) is 13.3. The lowest BCUT2D eigenvalue weighted by Crippen LogP contribution is -2.26. The van der Waals surface area contributed by atoms with Crippen molar-refractivity contribution in [2.45, 2.75) is 34.6 Å². The molecule has 0 bridgehead atoms. The molecule has 0 spiro atoms. The van der Waals surface area contributed by atoms with E-state index in [1.807, 2.05) is 6.92 Å². The van der Waals surface area contributed by atoms with Crippen molar-refractivity contribution >= 4 is 22.4 Å². The molecule has 1 saturated carbocycles. The van der Waals surface area contributed by atoms with E-state index in [9.17, 15) is 4.79 Å². The Hall–Kier alpha value is -1.10. The zero-order chi connectivity index (χ0) is 13.7. The molecule has 1 fully saturated rings. The van der Waals surface area contributed by atoms with Gasteiger partial charge in [-0.1, -0.05) is 39.0 Å². The van der Waals surface area contributed by atoms with Crippen LogP contribution in [0.1, 0.15) is 43.1 Å². The molecule has 1 aliphatic carbocycles. The predicted octanol–water partition coefficient (Wildman–Crippen LogP) is 2.45. The van der Waals surface area contributed by atoms with Crippen molar-refractivity contribution in [3.8, 4) is 0 Å². The molecular formula is C13H21N3OS. The zero-order valence-electron chi connectivity index (χ0n) is 11.6. The van der Waals surface area contributed by atoms with Gasteiger partial charge >= 0.3 is 0 Å². The maximum absolute atomic E-state index is 12.0. The number of aryl methyl sites for hydroxylation is 1. The molecule has 0 saturated heterocycles. The number of nitrogen functional groups attached to an aromatic ring is 1. The van der Waals surface area contributed by atoms with Gasteiger partial charge in [0.1, 0.15) is 4.88 Å². The van der Waals surface area contributed by atoms with E-state index in [-0.39, 0.29) is 5.91 Å². The number of thiazole rings is 1. The topological polar surface area (TPSA) is 68.0 Å². The molecule has 2 rings (SSSR count). The summed E-state index contributed by atoms with van der Waals surface area (Å²) in [5.41, 5.74) is 6.90. The van der Waals surface area contributed by atoms with Gasteiger partial charge in [0, 0.05) is 6.54 Å². The highest BCUT2D eigenvalue weighted by Crippen LogP contribution is 2.67. The fourth-order valence-electron chi connectivity index (χ4n) is 2.75. The van der Waals surface area contributed by atoms with Crippen LogP contribution >= 0.6 is 11.3 Å². The molecule has 4 nitrogen and oxygen atoms in total. The lowest BCUT2D eigenvalue weighted by atomic mass is 10.0. The van der Waals surface area contributed by atoms with Crippen LogP contribution in [0.4, 0.5) is 5.13 Å². The van der Waals surface area contributed by atoms with Crippen LogP contribution in [0, 0.1) is 23.7 Å². The number of nitrogens with zero attached hydrogens (tertiary/aromatic N) is 1. The average Bonchev–Trinajstić information content (AvgIpc) is 2.54. The molecule has 1 amide bonds. The number of carbonyl (C=O) groups excluding carboxylic acids is 1. The van der Waals surface area contributed by atoms with Gasteiger partial charge in [-0.25, -0.2) is 4.98 Å². The number of aromatic nitrogens is 1. The molecule has 1 aromatic heterocycles. The second-order valence-corrected chi connectivity index (χ2v) is 7.20. The molecule has 1 aliphatic rings. The van der Waals surface area contributed by atoms with Gasteiger partial charge in [-0.15, -0.1) is 0 Å². The summed E-state index contributed by atoms with van der Waals surface area (Å²) < 4.78 is 0. The second kappa shape index (κ2) is 3.95. The van der Waals surface area contributed by atoms with Crippen LogP contribution in [0.5, 0.6) is 0 Å². The van der Waals surface area contributed by atoms with E-state index in [0.717, 1.165) is 6.54 Å². The molecule has 5 heteroatoms. The minimum atomic E-state index is -0.0554. The average molecular weight is 267 g/mol. The van der Waals surface area contributed by atoms with E-state index >= 15 is 0 Å². The maximum Gasteiger partial charge on any atom is 0.263 e. The summed E-state index contributed by atoms with van der Waals surface area (Å²) in [6, 6.07) is 0. The Bertz CT molecular complexity index is 476. The Labute approximate surface area is 112 Å². The van der Waals surface area contributed by atoms with E-state index in [0.29, 0.717) is 32.5 Å². The highest BCUT2D eigenvalue weighted by Gasteiger charge is 2.64. The molecule has 100 valence electrons. The largest absolute Gasteiger partial charge is 0.375 e. The van der Waals surface area contributed by atoms with E-state index < -0.39 is 0 Å². The van der Waals surface area contributed by atoms with Crippen molar-refractivity contribution < 1.29 is 4.79 Å². The van der Waals surface area contributed by atoms with Gasteiger partial charge in [0.15, 0.2) is 5.13 Å². The second-order valence-electron chi connectivity index (χ2n) is 6.17. The summed E-state index contributed by atoms with van der Waals surface area (Å²) in [5, 5.41) is 3.45. The van der Waals surface area contributed by atoms with Crippen molar-refractivity contribution in [1.82, 2.24) is 10.3 Å². The third kappa shape index (κ3) is 1.90. The van der Waals surface area contributed by atoms with E-state index in [1.165, 1.54) is 11.3 Å². The van der Waals surface area contributed by atoms with Gasteiger partial charge in [-0.05, 0) is 23.7 Å². The van der Waals surface area contributed by atoms with Gasteiger partial charge in [0.05, 0.1) is 5.69 Å². The number of rotatable bonds is 3. The Morgan fingerprint density at radius 2 is 1.94 bits per heavy atom. The zero-order valence-corrected chi connectivity index (χ0v) is 12.4. The number of anilines is 1. The third-order valence-electron chi connectivity index (χ3n) is 4.81. The normalized spacial score (nSPS) is 20.7. The van der Waals surface area contributed by atoms with Gasteiger partial charge in [-0.2, -0.15) is 0 Å². The van der Waals surface area contributed by atoms with E-state index in [2.05, 4.69) is 38.0 Å². The highest BCUT2D eigenvalue weighted by atomic mass is 32.1. The van der Waals surface area contributed by atoms with Crippen LogP contribution in [0.15, 0.2) is 0 Å². The number of hydrogen-bond acceptors (Lipinski definition) is 4. The first-order valence-electron chi connectivity index (χ1n) is 6.19. The minimum Gasteiger partial charge on any atom is -0.375 e. The maximum atomic E-state index is 12.0. The van der Waals surface area contributed by atoms with Crippen LogP contribution in [-0.4, -0.2) is 17.4 Å². The molecule has 0 aliphatic heterocycles. The number of carbonyl (C=O) groups is 1. The van der Waals surface area contributed by atoms with Crippen LogP contribution in [0.2, 0.25) is 0 Å². The van der Waals surface area contributed by atoms with Crippen molar-refractivity contribution in [3.63, 3.8) is 0 Å². The Morgan fingerprint density at radius 1 is 1.39 bits per heavy atom. The smallest absolute Gasteiger partial charge is 0.263 e. The SMILES string of the molecule is Cc1nc(N)sc1C(=O)NCC1C(C)(C)C1(C)C. The first-order chi connectivity index (χ1) is 8.18. The molecule has 0 aromatic carbocycles. The van der Waals surface area contributed by atoms with Gasteiger partial charge in [0.2, 0.25) is 0 Å². The van der Waals surface area contributed by atoms with Crippen molar-refractivity contribution in [2.75, 3.05) is 12.3 Å². The number of nitrogens with two attached hydrogens (primary N) is 1. The summed E-state index contributed by atoms with van der Waals surface area (Å²) in [6.45, 7) is 11.5. The first-order valence-corrected chi connectivity index (χ1v) is 7.00. The van der Waals surface area contributed by atoms with Crippen LogP contribution < -0.4 is 11.1 Å². The van der Waals surface area contributed by atoms with Crippen molar-refractivity contribution in [2.24, 2.45) is 16.7 Å². The van der Waals surface area contributed by atoms with Gasteiger partial charge < -0.3 is 11.1 Å². The van der Waals surface area contributed by atoms with Gasteiger partial charge in [0.25, 0.3) is 5.91 Å². The fraction of sp³-hybridized carbons (Fsp3) is 0.692. The standard InChI is InChI=1S/C13H21N3OS/c1-7-9(18-11(14)16-7)10(17)15-6-8-12(2,3)13(8,4)5/h8H,6H2,1-5H3,(H2,14,16)(H,15,17).